The average Bonchev–Trinajstić information content (AvgIpc) is 2.48. The van der Waals surface area contributed by atoms with Crippen molar-refractivity contribution in [1.82, 2.24) is 0 Å². The molecule has 0 atom stereocenters. The standard InChI is InChI=1S/C16H18N2OS/c1-18(15-9-7-14(17)8-10-15)16(19)12-20-11-13-5-3-2-4-6-13/h2-10H,11-12,17H2,1H3. The molecule has 0 aliphatic heterocycles. The van der Waals surface area contributed by atoms with Gasteiger partial charge in [0, 0.05) is 24.2 Å². The number of thioether (sulfide) groups is 1. The third-order valence-corrected chi connectivity index (χ3v) is 3.98. The summed E-state index contributed by atoms with van der Waals surface area (Å²) in [6.07, 6.45) is 0. The van der Waals surface area contributed by atoms with Crippen LogP contribution in [0.1, 0.15) is 5.56 Å². The molecular weight excluding hydrogens is 268 g/mol. The van der Waals surface area contributed by atoms with Gasteiger partial charge in [0.15, 0.2) is 0 Å². The number of anilines is 2. The maximum Gasteiger partial charge on any atom is 0.236 e. The zero-order chi connectivity index (χ0) is 14.4. The zero-order valence-electron chi connectivity index (χ0n) is 11.5. The Morgan fingerprint density at radius 2 is 1.75 bits per heavy atom. The Labute approximate surface area is 123 Å². The van der Waals surface area contributed by atoms with Gasteiger partial charge in [-0.15, -0.1) is 11.8 Å². The van der Waals surface area contributed by atoms with Crippen molar-refractivity contribution in [2.24, 2.45) is 0 Å². The van der Waals surface area contributed by atoms with Crippen molar-refractivity contribution < 1.29 is 4.79 Å². The molecule has 0 heterocycles. The monoisotopic (exact) mass is 286 g/mol. The Morgan fingerprint density at radius 3 is 2.40 bits per heavy atom. The van der Waals surface area contributed by atoms with Crippen LogP contribution in [-0.4, -0.2) is 18.7 Å². The highest BCUT2D eigenvalue weighted by Crippen LogP contribution is 2.17. The molecule has 4 heteroatoms. The first-order valence-electron chi connectivity index (χ1n) is 6.40. The highest BCUT2D eigenvalue weighted by molar-refractivity contribution is 7.99. The fourth-order valence-electron chi connectivity index (χ4n) is 1.77. The van der Waals surface area contributed by atoms with E-state index in [-0.39, 0.29) is 5.91 Å². The first-order valence-corrected chi connectivity index (χ1v) is 7.56. The molecule has 0 aromatic heterocycles. The van der Waals surface area contributed by atoms with Gasteiger partial charge in [0.2, 0.25) is 5.91 Å². The summed E-state index contributed by atoms with van der Waals surface area (Å²) in [6, 6.07) is 17.5. The summed E-state index contributed by atoms with van der Waals surface area (Å²) in [5.41, 5.74) is 8.44. The van der Waals surface area contributed by atoms with Crippen molar-refractivity contribution in [1.29, 1.82) is 0 Å². The molecular formula is C16H18N2OS. The van der Waals surface area contributed by atoms with E-state index in [0.717, 1.165) is 11.4 Å². The van der Waals surface area contributed by atoms with Crippen LogP contribution in [0.5, 0.6) is 0 Å². The highest BCUT2D eigenvalue weighted by Gasteiger charge is 2.10. The number of rotatable bonds is 5. The van der Waals surface area contributed by atoms with Crippen LogP contribution in [0.15, 0.2) is 54.6 Å². The summed E-state index contributed by atoms with van der Waals surface area (Å²) < 4.78 is 0. The van der Waals surface area contributed by atoms with Gasteiger partial charge in [0.25, 0.3) is 0 Å². The smallest absolute Gasteiger partial charge is 0.236 e. The normalized spacial score (nSPS) is 10.2. The molecule has 0 aliphatic rings. The lowest BCUT2D eigenvalue weighted by Gasteiger charge is -2.17. The Bertz CT molecular complexity index is 554. The number of nitrogens with two attached hydrogens (primary N) is 1. The number of nitrogens with zero attached hydrogens (tertiary/aromatic N) is 1. The van der Waals surface area contributed by atoms with Crippen LogP contribution in [0.3, 0.4) is 0 Å². The number of benzene rings is 2. The fraction of sp³-hybridized carbons (Fsp3) is 0.188. The van der Waals surface area contributed by atoms with Gasteiger partial charge < -0.3 is 10.6 Å². The topological polar surface area (TPSA) is 46.3 Å². The second kappa shape index (κ2) is 7.01. The van der Waals surface area contributed by atoms with Crippen LogP contribution >= 0.6 is 11.8 Å². The summed E-state index contributed by atoms with van der Waals surface area (Å²) >= 11 is 1.62. The minimum atomic E-state index is 0.0932. The van der Waals surface area contributed by atoms with Crippen LogP contribution in [0.25, 0.3) is 0 Å². The molecule has 2 rings (SSSR count). The number of hydrogen-bond donors (Lipinski definition) is 1. The van der Waals surface area contributed by atoms with Gasteiger partial charge in [-0.25, -0.2) is 0 Å². The van der Waals surface area contributed by atoms with Gasteiger partial charge in [-0.05, 0) is 29.8 Å². The largest absolute Gasteiger partial charge is 0.399 e. The van der Waals surface area contributed by atoms with Crippen LogP contribution in [-0.2, 0) is 10.5 Å². The van der Waals surface area contributed by atoms with Crippen molar-refractivity contribution >= 4 is 29.0 Å². The van der Waals surface area contributed by atoms with E-state index in [2.05, 4.69) is 12.1 Å². The molecule has 0 fully saturated rings. The van der Waals surface area contributed by atoms with Crippen LogP contribution < -0.4 is 10.6 Å². The van der Waals surface area contributed by atoms with Crippen molar-refractivity contribution in [2.75, 3.05) is 23.4 Å². The SMILES string of the molecule is CN(C(=O)CSCc1ccccc1)c1ccc(N)cc1. The summed E-state index contributed by atoms with van der Waals surface area (Å²) in [4.78, 5) is 13.8. The van der Waals surface area contributed by atoms with Gasteiger partial charge >= 0.3 is 0 Å². The van der Waals surface area contributed by atoms with Crippen LogP contribution in [0.2, 0.25) is 0 Å². The van der Waals surface area contributed by atoms with E-state index in [0.29, 0.717) is 11.4 Å². The van der Waals surface area contributed by atoms with E-state index in [9.17, 15) is 4.79 Å². The number of amides is 1. The molecule has 2 N–H and O–H groups in total. The molecule has 1 amide bonds. The predicted molar refractivity (Wildman–Crippen MR) is 86.9 cm³/mol. The molecule has 0 aliphatic carbocycles. The summed E-state index contributed by atoms with van der Waals surface area (Å²) in [6.45, 7) is 0. The first kappa shape index (κ1) is 14.5. The van der Waals surface area contributed by atoms with Crippen molar-refractivity contribution in [3.05, 3.63) is 60.2 Å². The Morgan fingerprint density at radius 1 is 1.10 bits per heavy atom. The molecule has 0 saturated carbocycles. The summed E-state index contributed by atoms with van der Waals surface area (Å²) in [5, 5.41) is 0. The molecule has 0 bridgehead atoms. The van der Waals surface area contributed by atoms with E-state index in [4.69, 9.17) is 5.73 Å². The van der Waals surface area contributed by atoms with Crippen molar-refractivity contribution in [3.8, 4) is 0 Å². The third kappa shape index (κ3) is 4.03. The van der Waals surface area contributed by atoms with Gasteiger partial charge in [-0.1, -0.05) is 30.3 Å². The predicted octanol–water partition coefficient (Wildman–Crippen LogP) is 3.17. The number of carbonyl (C=O) groups is 1. The quantitative estimate of drug-likeness (QED) is 0.859. The van der Waals surface area contributed by atoms with E-state index < -0.39 is 0 Å². The maximum absolute atomic E-state index is 12.1. The molecule has 0 saturated heterocycles. The minimum absolute atomic E-state index is 0.0932. The van der Waals surface area contributed by atoms with Gasteiger partial charge in [0.1, 0.15) is 0 Å². The molecule has 2 aromatic rings. The highest BCUT2D eigenvalue weighted by atomic mass is 32.2. The van der Waals surface area contributed by atoms with Gasteiger partial charge in [-0.2, -0.15) is 0 Å². The minimum Gasteiger partial charge on any atom is -0.399 e. The molecule has 0 spiro atoms. The Hall–Kier alpha value is -1.94. The molecule has 20 heavy (non-hydrogen) atoms. The lowest BCUT2D eigenvalue weighted by Crippen LogP contribution is -2.27. The fourth-order valence-corrected chi connectivity index (χ4v) is 2.67. The number of hydrogen-bond acceptors (Lipinski definition) is 3. The van der Waals surface area contributed by atoms with Crippen LogP contribution in [0.4, 0.5) is 11.4 Å². The van der Waals surface area contributed by atoms with Crippen molar-refractivity contribution in [3.63, 3.8) is 0 Å². The number of nitrogen functional groups attached to an aromatic ring is 1. The molecule has 0 radical (unpaired) electrons. The molecule has 104 valence electrons. The average molecular weight is 286 g/mol. The number of carbonyl (C=O) groups excluding carboxylic acids is 1. The second-order valence-corrected chi connectivity index (χ2v) is 5.51. The van der Waals surface area contributed by atoms with E-state index in [1.165, 1.54) is 5.56 Å². The lowest BCUT2D eigenvalue weighted by molar-refractivity contribution is -0.115. The maximum atomic E-state index is 12.1. The Kier molecular flexibility index (Phi) is 5.07. The van der Waals surface area contributed by atoms with Crippen molar-refractivity contribution in [2.45, 2.75) is 5.75 Å². The first-order chi connectivity index (χ1) is 9.66. The van der Waals surface area contributed by atoms with Crippen LogP contribution in [0, 0.1) is 0 Å². The van der Waals surface area contributed by atoms with E-state index >= 15 is 0 Å². The summed E-state index contributed by atoms with van der Waals surface area (Å²) in [5.74, 6) is 1.41. The molecule has 3 nitrogen and oxygen atoms in total. The van der Waals surface area contributed by atoms with E-state index in [1.54, 1.807) is 35.8 Å². The zero-order valence-corrected chi connectivity index (χ0v) is 12.3. The molecule has 0 unspecified atom stereocenters. The van der Waals surface area contributed by atoms with E-state index in [1.807, 2.05) is 30.3 Å². The second-order valence-electron chi connectivity index (χ2n) is 4.52. The summed E-state index contributed by atoms with van der Waals surface area (Å²) in [7, 11) is 1.79. The lowest BCUT2D eigenvalue weighted by atomic mass is 10.2. The molecule has 2 aromatic carbocycles. The van der Waals surface area contributed by atoms with Gasteiger partial charge in [-0.3, -0.25) is 4.79 Å². The van der Waals surface area contributed by atoms with Gasteiger partial charge in [0.05, 0.1) is 5.75 Å². The third-order valence-electron chi connectivity index (χ3n) is 2.99. The Balaban J connectivity index is 1.84.